The maximum Gasteiger partial charge on any atom is 0.260 e. The number of rotatable bonds is 6. The van der Waals surface area contributed by atoms with Gasteiger partial charge in [-0.2, -0.15) is 0 Å². The van der Waals surface area contributed by atoms with Gasteiger partial charge in [0.1, 0.15) is 0 Å². The second kappa shape index (κ2) is 6.73. The van der Waals surface area contributed by atoms with Crippen LogP contribution in [0.15, 0.2) is 30.3 Å². The van der Waals surface area contributed by atoms with Crippen molar-refractivity contribution in [2.75, 3.05) is 6.54 Å². The molecule has 0 atom stereocenters. The minimum atomic E-state index is -2.41. The van der Waals surface area contributed by atoms with E-state index in [-0.39, 0.29) is 19.4 Å². The van der Waals surface area contributed by atoms with E-state index >= 15 is 0 Å². The van der Waals surface area contributed by atoms with Crippen LogP contribution in [0.25, 0.3) is 0 Å². The summed E-state index contributed by atoms with van der Waals surface area (Å²) >= 11 is 0. The van der Waals surface area contributed by atoms with Gasteiger partial charge in [-0.15, -0.1) is 0 Å². The summed E-state index contributed by atoms with van der Waals surface area (Å²) in [5, 5.41) is 0. The molecular weight excluding hydrogens is 228 g/mol. The Kier molecular flexibility index (Phi) is 5.26. The number of halogens is 2. The molecule has 0 saturated heterocycles. The summed E-state index contributed by atoms with van der Waals surface area (Å²) in [6, 6.07) is 8.25. The van der Waals surface area contributed by atoms with Gasteiger partial charge in [-0.1, -0.05) is 18.2 Å². The average molecular weight is 241 g/mol. The van der Waals surface area contributed by atoms with Crippen molar-refractivity contribution >= 4 is 12.3 Å². The summed E-state index contributed by atoms with van der Waals surface area (Å²) in [6.07, 6.45) is -2.24. The highest BCUT2D eigenvalue weighted by atomic mass is 19.3. The van der Waals surface area contributed by atoms with E-state index in [0.717, 1.165) is 4.90 Å². The molecule has 0 radical (unpaired) electrons. The number of nitrogens with zero attached hydrogens (tertiary/aromatic N) is 1. The Bertz CT molecular complexity index is 368. The smallest absolute Gasteiger partial charge is 0.260 e. The number of imide groups is 1. The highest BCUT2D eigenvalue weighted by Gasteiger charge is 2.14. The van der Waals surface area contributed by atoms with Gasteiger partial charge >= 0.3 is 0 Å². The van der Waals surface area contributed by atoms with Crippen LogP contribution in [0, 0.1) is 0 Å². The largest absolute Gasteiger partial charge is 0.281 e. The number of benzene rings is 1. The Hall–Kier alpha value is -1.78. The lowest BCUT2D eigenvalue weighted by Crippen LogP contribution is -2.30. The van der Waals surface area contributed by atoms with E-state index in [9.17, 15) is 18.4 Å². The molecule has 1 aromatic rings. The van der Waals surface area contributed by atoms with Gasteiger partial charge in [0.15, 0.2) is 0 Å². The summed E-state index contributed by atoms with van der Waals surface area (Å²) in [6.45, 7) is 0.0154. The van der Waals surface area contributed by atoms with Gasteiger partial charge in [0.25, 0.3) is 5.91 Å². The van der Waals surface area contributed by atoms with Crippen molar-refractivity contribution in [1.29, 1.82) is 0 Å². The quantitative estimate of drug-likeness (QED) is 0.717. The summed E-state index contributed by atoms with van der Waals surface area (Å²) < 4.78 is 23.8. The van der Waals surface area contributed by atoms with Gasteiger partial charge in [0.05, 0.1) is 0 Å². The second-order valence-electron chi connectivity index (χ2n) is 3.50. The maximum absolute atomic E-state index is 11.9. The van der Waals surface area contributed by atoms with Crippen molar-refractivity contribution in [1.82, 2.24) is 4.90 Å². The number of hydrogen-bond donors (Lipinski definition) is 0. The lowest BCUT2D eigenvalue weighted by atomic mass is 10.2. The molecule has 2 amide bonds. The van der Waals surface area contributed by atoms with Crippen LogP contribution >= 0.6 is 0 Å². The fourth-order valence-corrected chi connectivity index (χ4v) is 1.36. The molecule has 0 saturated carbocycles. The molecule has 0 bridgehead atoms. The summed E-state index contributed by atoms with van der Waals surface area (Å²) in [4.78, 5) is 23.4. The Balaban J connectivity index is 2.56. The summed E-state index contributed by atoms with van der Waals surface area (Å²) in [7, 11) is 0. The first kappa shape index (κ1) is 13.3. The fraction of sp³-hybridized carbons (Fsp3) is 0.333. The SMILES string of the molecule is O=CN(CCCC(F)F)C(=O)c1ccccc1. The Labute approximate surface area is 98.0 Å². The number of amides is 2. The molecule has 5 heteroatoms. The zero-order valence-corrected chi connectivity index (χ0v) is 9.18. The molecule has 1 rings (SSSR count). The second-order valence-corrected chi connectivity index (χ2v) is 3.50. The van der Waals surface area contributed by atoms with Crippen LogP contribution < -0.4 is 0 Å². The summed E-state index contributed by atoms with van der Waals surface area (Å²) in [5.74, 6) is -0.463. The van der Waals surface area contributed by atoms with Crippen molar-refractivity contribution in [3.05, 3.63) is 35.9 Å². The topological polar surface area (TPSA) is 37.4 Å². The highest BCUT2D eigenvalue weighted by Crippen LogP contribution is 2.07. The van der Waals surface area contributed by atoms with Crippen molar-refractivity contribution in [2.45, 2.75) is 19.3 Å². The third-order valence-corrected chi connectivity index (χ3v) is 2.23. The van der Waals surface area contributed by atoms with Crippen molar-refractivity contribution in [3.8, 4) is 0 Å². The van der Waals surface area contributed by atoms with Gasteiger partial charge in [0.2, 0.25) is 12.8 Å². The molecule has 0 aromatic heterocycles. The molecule has 0 unspecified atom stereocenters. The van der Waals surface area contributed by atoms with Gasteiger partial charge in [-0.25, -0.2) is 8.78 Å². The van der Waals surface area contributed by atoms with Crippen LogP contribution in [0.5, 0.6) is 0 Å². The predicted molar refractivity (Wildman–Crippen MR) is 58.8 cm³/mol. The third-order valence-electron chi connectivity index (χ3n) is 2.23. The van der Waals surface area contributed by atoms with E-state index in [1.807, 2.05) is 0 Å². The monoisotopic (exact) mass is 241 g/mol. The molecule has 0 heterocycles. The minimum absolute atomic E-state index is 0.0154. The molecule has 0 spiro atoms. The van der Waals surface area contributed by atoms with Crippen LogP contribution in [0.2, 0.25) is 0 Å². The van der Waals surface area contributed by atoms with Crippen molar-refractivity contribution in [2.24, 2.45) is 0 Å². The molecule has 0 aliphatic heterocycles. The standard InChI is InChI=1S/C12H13F2NO2/c13-11(14)7-4-8-15(9-16)12(17)10-5-2-1-3-6-10/h1-3,5-6,9,11H,4,7-8H2. The number of hydrogen-bond acceptors (Lipinski definition) is 2. The Morgan fingerprint density at radius 1 is 1.29 bits per heavy atom. The highest BCUT2D eigenvalue weighted by molar-refractivity contribution is 5.99. The summed E-state index contributed by atoms with van der Waals surface area (Å²) in [5.41, 5.74) is 0.372. The first-order valence-electron chi connectivity index (χ1n) is 5.24. The zero-order chi connectivity index (χ0) is 12.7. The number of carbonyl (C=O) groups is 2. The first-order chi connectivity index (χ1) is 8.15. The first-order valence-corrected chi connectivity index (χ1v) is 5.24. The molecule has 17 heavy (non-hydrogen) atoms. The van der Waals surface area contributed by atoms with Crippen LogP contribution in [-0.2, 0) is 4.79 Å². The molecule has 0 N–H and O–H groups in total. The van der Waals surface area contributed by atoms with Crippen molar-refractivity contribution in [3.63, 3.8) is 0 Å². The molecule has 3 nitrogen and oxygen atoms in total. The van der Waals surface area contributed by atoms with Gasteiger partial charge in [-0.05, 0) is 18.6 Å². The van der Waals surface area contributed by atoms with E-state index in [4.69, 9.17) is 0 Å². The third kappa shape index (κ3) is 4.30. The Morgan fingerprint density at radius 3 is 2.47 bits per heavy atom. The number of carbonyl (C=O) groups excluding carboxylic acids is 2. The fourth-order valence-electron chi connectivity index (χ4n) is 1.36. The molecule has 0 aliphatic rings. The molecule has 0 fully saturated rings. The van der Waals surface area contributed by atoms with Crippen LogP contribution in [0.1, 0.15) is 23.2 Å². The van der Waals surface area contributed by atoms with E-state index in [1.54, 1.807) is 30.3 Å². The van der Waals surface area contributed by atoms with E-state index in [1.165, 1.54) is 0 Å². The van der Waals surface area contributed by atoms with Crippen molar-refractivity contribution < 1.29 is 18.4 Å². The average Bonchev–Trinajstić information content (AvgIpc) is 2.34. The van der Waals surface area contributed by atoms with Gasteiger partial charge in [-0.3, -0.25) is 14.5 Å². The lowest BCUT2D eigenvalue weighted by molar-refractivity contribution is -0.116. The molecule has 92 valence electrons. The molecule has 1 aromatic carbocycles. The van der Waals surface area contributed by atoms with E-state index in [2.05, 4.69) is 0 Å². The molecular formula is C12H13F2NO2. The Morgan fingerprint density at radius 2 is 1.94 bits per heavy atom. The van der Waals surface area contributed by atoms with E-state index in [0.29, 0.717) is 12.0 Å². The maximum atomic E-state index is 11.9. The lowest BCUT2D eigenvalue weighted by Gasteiger charge is -2.15. The van der Waals surface area contributed by atoms with Gasteiger partial charge in [0, 0.05) is 18.5 Å². The van der Waals surface area contributed by atoms with Crippen LogP contribution in [-0.4, -0.2) is 30.2 Å². The minimum Gasteiger partial charge on any atom is -0.281 e. The van der Waals surface area contributed by atoms with E-state index < -0.39 is 12.3 Å². The van der Waals surface area contributed by atoms with Crippen LogP contribution in [0.4, 0.5) is 8.78 Å². The predicted octanol–water partition coefficient (Wildman–Crippen LogP) is 2.33. The molecule has 0 aliphatic carbocycles. The number of alkyl halides is 2. The zero-order valence-electron chi connectivity index (χ0n) is 9.18. The van der Waals surface area contributed by atoms with Gasteiger partial charge < -0.3 is 0 Å². The van der Waals surface area contributed by atoms with Crippen LogP contribution in [0.3, 0.4) is 0 Å². The normalized spacial score (nSPS) is 10.3.